The van der Waals surface area contributed by atoms with E-state index in [0.29, 0.717) is 0 Å². The zero-order chi connectivity index (χ0) is 43.1. The monoisotopic (exact) mass is 830 g/mol. The van der Waals surface area contributed by atoms with Crippen LogP contribution in [0.1, 0.15) is 0 Å². The van der Waals surface area contributed by atoms with Crippen LogP contribution >= 0.6 is 0 Å². The topological polar surface area (TPSA) is 19.6 Å². The first kappa shape index (κ1) is 38.0. The van der Waals surface area contributed by atoms with E-state index in [2.05, 4.69) is 252 Å². The molecule has 0 aliphatic rings. The van der Waals surface area contributed by atoms with Gasteiger partial charge in [0, 0.05) is 44.9 Å². The largest absolute Gasteiger partial charge is 0.456 e. The second kappa shape index (κ2) is 16.2. The van der Waals surface area contributed by atoms with Crippen molar-refractivity contribution in [2.75, 3.05) is 9.80 Å². The fraction of sp³-hybridized carbons (Fsp3) is 0. The van der Waals surface area contributed by atoms with Crippen molar-refractivity contribution in [3.8, 4) is 33.4 Å². The normalized spacial score (nSPS) is 11.4. The molecule has 0 aliphatic heterocycles. The number of para-hydroxylation sites is 3. The zero-order valence-electron chi connectivity index (χ0n) is 35.6. The Morgan fingerprint density at radius 1 is 0.231 bits per heavy atom. The predicted octanol–water partition coefficient (Wildman–Crippen LogP) is 17.8. The molecule has 306 valence electrons. The van der Waals surface area contributed by atoms with E-state index in [0.717, 1.165) is 67.2 Å². The lowest BCUT2D eigenvalue weighted by Crippen LogP contribution is -2.13. The number of nitrogens with zero attached hydrogens (tertiary/aromatic N) is 2. The van der Waals surface area contributed by atoms with Gasteiger partial charge in [0.25, 0.3) is 0 Å². The van der Waals surface area contributed by atoms with E-state index in [4.69, 9.17) is 4.42 Å². The summed E-state index contributed by atoms with van der Waals surface area (Å²) in [5, 5.41) is 7.07. The lowest BCUT2D eigenvalue weighted by molar-refractivity contribution is 0.669. The van der Waals surface area contributed by atoms with Crippen molar-refractivity contribution in [2.45, 2.75) is 0 Å². The molecule has 3 heteroatoms. The van der Waals surface area contributed by atoms with Crippen LogP contribution in [0.2, 0.25) is 0 Å². The van der Waals surface area contributed by atoms with Gasteiger partial charge in [-0.1, -0.05) is 170 Å². The summed E-state index contributed by atoms with van der Waals surface area (Å²) in [5.41, 5.74) is 15.1. The highest BCUT2D eigenvalue weighted by molar-refractivity contribution is 6.14. The Hall–Kier alpha value is -8.66. The van der Waals surface area contributed by atoms with Gasteiger partial charge in [-0.3, -0.25) is 0 Å². The third-order valence-corrected chi connectivity index (χ3v) is 12.6. The number of fused-ring (bicyclic) bond motifs is 6. The van der Waals surface area contributed by atoms with Gasteiger partial charge in [-0.05, 0) is 140 Å². The smallest absolute Gasteiger partial charge is 0.135 e. The molecule has 3 nitrogen and oxygen atoms in total. The summed E-state index contributed by atoms with van der Waals surface area (Å²) >= 11 is 0. The highest BCUT2D eigenvalue weighted by atomic mass is 16.3. The third-order valence-electron chi connectivity index (χ3n) is 12.6. The standard InChI is InChI=1S/C62H42N2O/c1-4-16-43(17-5-1)44-28-30-45(31-29-44)46-32-34-51(35-33-46)63(49-19-6-2-7-20-49)53-38-48(59-40-47-18-10-11-23-55(47)56-24-12-13-25-57(56)59)39-54(41-53)64(50-21-8-3-9-22-50)52-36-37-62-60(42-52)58-26-14-15-27-61(58)65-62/h1-42H. The number of benzene rings is 11. The van der Waals surface area contributed by atoms with Crippen molar-refractivity contribution in [3.05, 3.63) is 255 Å². The SMILES string of the molecule is c1ccc(-c2ccc(-c3ccc(N(c4ccccc4)c4cc(-c5cc6ccccc6c6ccccc56)cc(N(c5ccccc5)c5ccc6oc7ccccc7c6c5)c4)cc3)cc2)cc1. The van der Waals surface area contributed by atoms with Crippen LogP contribution in [0.5, 0.6) is 0 Å². The molecule has 0 saturated heterocycles. The number of anilines is 6. The van der Waals surface area contributed by atoms with E-state index in [-0.39, 0.29) is 0 Å². The molecule has 0 aliphatic carbocycles. The van der Waals surface area contributed by atoms with Crippen LogP contribution in [0.25, 0.3) is 76.9 Å². The maximum absolute atomic E-state index is 6.34. The maximum atomic E-state index is 6.34. The Balaban J connectivity index is 1.07. The molecule has 0 saturated carbocycles. The Bertz CT molecular complexity index is 3640. The van der Waals surface area contributed by atoms with Gasteiger partial charge in [-0.2, -0.15) is 0 Å². The zero-order valence-corrected chi connectivity index (χ0v) is 35.6. The van der Waals surface area contributed by atoms with Gasteiger partial charge < -0.3 is 14.2 Å². The molecule has 0 atom stereocenters. The second-order valence-electron chi connectivity index (χ2n) is 16.5. The molecule has 1 heterocycles. The summed E-state index contributed by atoms with van der Waals surface area (Å²) in [6.45, 7) is 0. The van der Waals surface area contributed by atoms with Crippen molar-refractivity contribution in [3.63, 3.8) is 0 Å². The molecule has 0 unspecified atom stereocenters. The highest BCUT2D eigenvalue weighted by Gasteiger charge is 2.22. The fourth-order valence-corrected chi connectivity index (χ4v) is 9.49. The van der Waals surface area contributed by atoms with Crippen LogP contribution in [-0.2, 0) is 0 Å². The summed E-state index contributed by atoms with van der Waals surface area (Å²) in [6, 6.07) is 91.6. The summed E-state index contributed by atoms with van der Waals surface area (Å²) < 4.78 is 6.34. The lowest BCUT2D eigenvalue weighted by Gasteiger charge is -2.30. The summed E-state index contributed by atoms with van der Waals surface area (Å²) in [5.74, 6) is 0. The first-order valence-corrected chi connectivity index (χ1v) is 22.2. The van der Waals surface area contributed by atoms with Crippen LogP contribution in [0.15, 0.2) is 259 Å². The molecule has 0 bridgehead atoms. The molecule has 11 aromatic carbocycles. The van der Waals surface area contributed by atoms with Crippen molar-refractivity contribution in [2.24, 2.45) is 0 Å². The van der Waals surface area contributed by atoms with Crippen LogP contribution in [0, 0.1) is 0 Å². The number of hydrogen-bond acceptors (Lipinski definition) is 3. The molecule has 0 N–H and O–H groups in total. The fourth-order valence-electron chi connectivity index (χ4n) is 9.49. The Kier molecular flexibility index (Phi) is 9.50. The van der Waals surface area contributed by atoms with Crippen molar-refractivity contribution in [1.29, 1.82) is 0 Å². The van der Waals surface area contributed by atoms with Crippen LogP contribution in [0.3, 0.4) is 0 Å². The molecule has 12 aromatic rings. The average Bonchev–Trinajstić information content (AvgIpc) is 3.75. The van der Waals surface area contributed by atoms with Gasteiger partial charge in [0.2, 0.25) is 0 Å². The first-order valence-electron chi connectivity index (χ1n) is 22.2. The van der Waals surface area contributed by atoms with Gasteiger partial charge in [0.05, 0.1) is 0 Å². The Labute approximate surface area is 378 Å². The van der Waals surface area contributed by atoms with Crippen LogP contribution in [-0.4, -0.2) is 0 Å². The lowest BCUT2D eigenvalue weighted by atomic mass is 9.92. The van der Waals surface area contributed by atoms with Gasteiger partial charge in [-0.25, -0.2) is 0 Å². The second-order valence-corrected chi connectivity index (χ2v) is 16.5. The first-order chi connectivity index (χ1) is 32.2. The van der Waals surface area contributed by atoms with Gasteiger partial charge in [0.15, 0.2) is 0 Å². The molecular weight excluding hydrogens is 789 g/mol. The van der Waals surface area contributed by atoms with Crippen molar-refractivity contribution >= 4 is 77.6 Å². The summed E-state index contributed by atoms with van der Waals surface area (Å²) in [6.07, 6.45) is 0. The van der Waals surface area contributed by atoms with E-state index >= 15 is 0 Å². The molecule has 12 rings (SSSR count). The van der Waals surface area contributed by atoms with Crippen molar-refractivity contribution in [1.82, 2.24) is 0 Å². The van der Waals surface area contributed by atoms with Gasteiger partial charge >= 0.3 is 0 Å². The quantitative estimate of drug-likeness (QED) is 0.135. The molecule has 0 amide bonds. The number of rotatable bonds is 9. The molecule has 0 spiro atoms. The molecule has 65 heavy (non-hydrogen) atoms. The molecule has 0 fully saturated rings. The maximum Gasteiger partial charge on any atom is 0.135 e. The molecule has 1 aromatic heterocycles. The minimum absolute atomic E-state index is 0.867. The Morgan fingerprint density at radius 3 is 1.32 bits per heavy atom. The summed E-state index contributed by atoms with van der Waals surface area (Å²) in [4.78, 5) is 4.76. The summed E-state index contributed by atoms with van der Waals surface area (Å²) in [7, 11) is 0. The highest BCUT2D eigenvalue weighted by Crippen LogP contribution is 2.46. The predicted molar refractivity (Wildman–Crippen MR) is 274 cm³/mol. The average molecular weight is 831 g/mol. The Morgan fingerprint density at radius 2 is 0.677 bits per heavy atom. The van der Waals surface area contributed by atoms with E-state index in [1.54, 1.807) is 0 Å². The van der Waals surface area contributed by atoms with Gasteiger partial charge in [0.1, 0.15) is 11.2 Å². The van der Waals surface area contributed by atoms with E-state index in [1.807, 2.05) is 12.1 Å². The minimum Gasteiger partial charge on any atom is -0.456 e. The van der Waals surface area contributed by atoms with E-state index < -0.39 is 0 Å². The minimum atomic E-state index is 0.867. The van der Waals surface area contributed by atoms with E-state index in [1.165, 1.54) is 43.8 Å². The number of furan rings is 1. The van der Waals surface area contributed by atoms with Crippen LogP contribution in [0.4, 0.5) is 34.1 Å². The van der Waals surface area contributed by atoms with Gasteiger partial charge in [-0.15, -0.1) is 0 Å². The number of hydrogen-bond donors (Lipinski definition) is 0. The van der Waals surface area contributed by atoms with Crippen molar-refractivity contribution < 1.29 is 4.42 Å². The van der Waals surface area contributed by atoms with Crippen LogP contribution < -0.4 is 9.80 Å². The molecule has 0 radical (unpaired) electrons. The third kappa shape index (κ3) is 7.06. The van der Waals surface area contributed by atoms with E-state index in [9.17, 15) is 0 Å². The molecular formula is C62H42N2O.